The van der Waals surface area contributed by atoms with E-state index >= 15 is 0 Å². The summed E-state index contributed by atoms with van der Waals surface area (Å²) in [4.78, 5) is 18.1. The van der Waals surface area contributed by atoms with E-state index in [0.29, 0.717) is 6.42 Å². The molecule has 0 saturated carbocycles. The third-order valence-corrected chi connectivity index (χ3v) is 4.46. The number of rotatable bonds is 2. The Morgan fingerprint density at radius 3 is 2.52 bits per heavy atom. The molecule has 1 atom stereocenters. The van der Waals surface area contributed by atoms with Gasteiger partial charge in [0.25, 0.3) is 0 Å². The van der Waals surface area contributed by atoms with Crippen molar-refractivity contribution < 1.29 is 4.79 Å². The summed E-state index contributed by atoms with van der Waals surface area (Å²) in [7, 11) is 1.86. The molecule has 21 heavy (non-hydrogen) atoms. The number of imidazole rings is 1. The van der Waals surface area contributed by atoms with Crippen LogP contribution >= 0.6 is 0 Å². The zero-order chi connectivity index (χ0) is 15.1. The first-order valence-corrected chi connectivity index (χ1v) is 7.32. The van der Waals surface area contributed by atoms with Crippen LogP contribution < -0.4 is 0 Å². The number of carbonyl (C=O) groups excluding carboxylic acids is 1. The maximum atomic E-state index is 11.8. The fourth-order valence-corrected chi connectivity index (χ4v) is 3.04. The van der Waals surface area contributed by atoms with Gasteiger partial charge < -0.3 is 9.47 Å². The summed E-state index contributed by atoms with van der Waals surface area (Å²) in [5.41, 5.74) is 4.95. The molecule has 1 aliphatic rings. The van der Waals surface area contributed by atoms with Crippen molar-refractivity contribution in [3.63, 3.8) is 0 Å². The van der Waals surface area contributed by atoms with Crippen molar-refractivity contribution in [2.45, 2.75) is 33.2 Å². The molecular weight excluding hydrogens is 262 g/mol. The molecule has 1 fully saturated rings. The van der Waals surface area contributed by atoms with Crippen LogP contribution in [0.5, 0.6) is 0 Å². The van der Waals surface area contributed by atoms with E-state index in [1.165, 1.54) is 16.7 Å². The highest BCUT2D eigenvalue weighted by Gasteiger charge is 2.29. The van der Waals surface area contributed by atoms with Crippen LogP contribution in [0.2, 0.25) is 0 Å². The number of hydrogen-bond donors (Lipinski definition) is 0. The summed E-state index contributed by atoms with van der Waals surface area (Å²) < 4.78 is 2.15. The van der Waals surface area contributed by atoms with Crippen LogP contribution in [-0.2, 0) is 4.79 Å². The van der Waals surface area contributed by atoms with Crippen LogP contribution in [-0.4, -0.2) is 34.0 Å². The molecule has 4 nitrogen and oxygen atoms in total. The van der Waals surface area contributed by atoms with Gasteiger partial charge in [-0.2, -0.15) is 0 Å². The van der Waals surface area contributed by atoms with E-state index in [-0.39, 0.29) is 11.9 Å². The zero-order valence-corrected chi connectivity index (χ0v) is 13.1. The fourth-order valence-electron chi connectivity index (χ4n) is 3.04. The highest BCUT2D eigenvalue weighted by molar-refractivity contribution is 5.78. The predicted molar refractivity (Wildman–Crippen MR) is 83.2 cm³/mol. The van der Waals surface area contributed by atoms with E-state index in [4.69, 9.17) is 0 Å². The SMILES string of the molecule is Cc1cc(C)c(-c2nccn2C2CC(=O)N(C)C2)cc1C. The largest absolute Gasteiger partial charge is 0.344 e. The summed E-state index contributed by atoms with van der Waals surface area (Å²) >= 11 is 0. The first-order chi connectivity index (χ1) is 9.97. The van der Waals surface area contributed by atoms with Crippen LogP contribution in [0.25, 0.3) is 11.4 Å². The molecule has 1 aromatic carbocycles. The second-order valence-corrected chi connectivity index (χ2v) is 6.04. The summed E-state index contributed by atoms with van der Waals surface area (Å²) in [6, 6.07) is 4.58. The van der Waals surface area contributed by atoms with E-state index in [9.17, 15) is 4.79 Å². The Kier molecular flexibility index (Phi) is 3.32. The molecule has 2 heterocycles. The van der Waals surface area contributed by atoms with Crippen LogP contribution in [0.1, 0.15) is 29.2 Å². The third-order valence-electron chi connectivity index (χ3n) is 4.46. The molecule has 0 radical (unpaired) electrons. The standard InChI is InChI=1S/C17H21N3O/c1-11-7-13(3)15(8-12(11)2)17-18-5-6-20(17)14-9-16(21)19(4)10-14/h5-8,14H,9-10H2,1-4H3. The predicted octanol–water partition coefficient (Wildman–Crippen LogP) is 2.88. The minimum atomic E-state index is 0.181. The summed E-state index contributed by atoms with van der Waals surface area (Å²) in [5, 5.41) is 0. The van der Waals surface area contributed by atoms with E-state index in [1.807, 2.05) is 19.4 Å². The van der Waals surface area contributed by atoms with Gasteiger partial charge >= 0.3 is 0 Å². The molecule has 1 aromatic heterocycles. The Bertz CT molecular complexity index is 702. The lowest BCUT2D eigenvalue weighted by Crippen LogP contribution is -2.19. The molecular formula is C17H21N3O. The highest BCUT2D eigenvalue weighted by Crippen LogP contribution is 2.30. The van der Waals surface area contributed by atoms with E-state index in [0.717, 1.165) is 17.9 Å². The molecule has 0 N–H and O–H groups in total. The van der Waals surface area contributed by atoms with E-state index in [1.54, 1.807) is 4.90 Å². The van der Waals surface area contributed by atoms with Crippen LogP contribution in [0.4, 0.5) is 0 Å². The van der Waals surface area contributed by atoms with Crippen molar-refractivity contribution in [2.75, 3.05) is 13.6 Å². The number of aromatic nitrogens is 2. The molecule has 0 bridgehead atoms. The smallest absolute Gasteiger partial charge is 0.224 e. The van der Waals surface area contributed by atoms with Gasteiger partial charge in [-0.25, -0.2) is 4.98 Å². The topological polar surface area (TPSA) is 38.1 Å². The normalized spacial score (nSPS) is 18.6. The molecule has 2 aromatic rings. The second-order valence-electron chi connectivity index (χ2n) is 6.04. The molecule has 4 heteroatoms. The highest BCUT2D eigenvalue weighted by atomic mass is 16.2. The van der Waals surface area contributed by atoms with Crippen molar-refractivity contribution in [2.24, 2.45) is 0 Å². The summed E-state index contributed by atoms with van der Waals surface area (Å²) in [6.07, 6.45) is 4.37. The molecule has 1 saturated heterocycles. The van der Waals surface area contributed by atoms with Gasteiger partial charge in [-0.15, -0.1) is 0 Å². The first kappa shape index (κ1) is 13.9. The lowest BCUT2D eigenvalue weighted by molar-refractivity contribution is -0.126. The number of hydrogen-bond acceptors (Lipinski definition) is 2. The average Bonchev–Trinajstić information content (AvgIpc) is 3.02. The van der Waals surface area contributed by atoms with Gasteiger partial charge in [0, 0.05) is 38.0 Å². The number of likely N-dealkylation sites (tertiary alicyclic amines) is 1. The van der Waals surface area contributed by atoms with Crippen LogP contribution in [0.3, 0.4) is 0 Å². The summed E-state index contributed by atoms with van der Waals surface area (Å²) in [6.45, 7) is 7.13. The molecule has 0 aliphatic carbocycles. The Morgan fingerprint density at radius 1 is 1.14 bits per heavy atom. The quantitative estimate of drug-likeness (QED) is 0.850. The average molecular weight is 283 g/mol. The Labute approximate surface area is 125 Å². The van der Waals surface area contributed by atoms with Crippen molar-refractivity contribution in [3.05, 3.63) is 41.2 Å². The Hall–Kier alpha value is -2.10. The van der Waals surface area contributed by atoms with Crippen molar-refractivity contribution in [1.29, 1.82) is 0 Å². The molecule has 1 aliphatic heterocycles. The Morgan fingerprint density at radius 2 is 1.86 bits per heavy atom. The molecule has 1 unspecified atom stereocenters. The number of carbonyl (C=O) groups is 1. The molecule has 3 rings (SSSR count). The van der Waals surface area contributed by atoms with E-state index < -0.39 is 0 Å². The van der Waals surface area contributed by atoms with Gasteiger partial charge in [-0.1, -0.05) is 6.07 Å². The second kappa shape index (κ2) is 5.02. The molecule has 110 valence electrons. The monoisotopic (exact) mass is 283 g/mol. The zero-order valence-electron chi connectivity index (χ0n) is 13.1. The number of benzene rings is 1. The lowest BCUT2D eigenvalue weighted by Gasteiger charge is -2.17. The maximum Gasteiger partial charge on any atom is 0.224 e. The van der Waals surface area contributed by atoms with Gasteiger partial charge in [-0.05, 0) is 43.5 Å². The van der Waals surface area contributed by atoms with Gasteiger partial charge in [0.15, 0.2) is 0 Å². The van der Waals surface area contributed by atoms with Gasteiger partial charge in [0.1, 0.15) is 5.82 Å². The van der Waals surface area contributed by atoms with Crippen molar-refractivity contribution in [1.82, 2.24) is 14.5 Å². The van der Waals surface area contributed by atoms with E-state index in [2.05, 4.69) is 42.5 Å². The van der Waals surface area contributed by atoms with Crippen LogP contribution in [0.15, 0.2) is 24.5 Å². The van der Waals surface area contributed by atoms with Gasteiger partial charge in [0.05, 0.1) is 6.04 Å². The third kappa shape index (κ3) is 2.35. The van der Waals surface area contributed by atoms with Crippen molar-refractivity contribution in [3.8, 4) is 11.4 Å². The van der Waals surface area contributed by atoms with Crippen molar-refractivity contribution >= 4 is 5.91 Å². The fraction of sp³-hybridized carbons (Fsp3) is 0.412. The van der Waals surface area contributed by atoms with Gasteiger partial charge in [0.2, 0.25) is 5.91 Å². The molecule has 1 amide bonds. The first-order valence-electron chi connectivity index (χ1n) is 7.32. The number of likely N-dealkylation sites (N-methyl/N-ethyl adjacent to an activating group) is 1. The maximum absolute atomic E-state index is 11.8. The Balaban J connectivity index is 2.04. The molecule has 0 spiro atoms. The van der Waals surface area contributed by atoms with Crippen LogP contribution in [0, 0.1) is 20.8 Å². The number of aryl methyl sites for hydroxylation is 3. The van der Waals surface area contributed by atoms with Gasteiger partial charge in [-0.3, -0.25) is 4.79 Å². The minimum Gasteiger partial charge on any atom is -0.344 e. The lowest BCUT2D eigenvalue weighted by atomic mass is 10.00. The summed E-state index contributed by atoms with van der Waals surface area (Å²) in [5.74, 6) is 1.17. The minimum absolute atomic E-state index is 0.181. The number of amides is 1. The number of nitrogens with zero attached hydrogens (tertiary/aromatic N) is 3.